The van der Waals surface area contributed by atoms with Gasteiger partial charge in [-0.05, 0) is 32.0 Å². The van der Waals surface area contributed by atoms with E-state index in [1.165, 1.54) is 6.07 Å². The number of amides is 2. The maximum absolute atomic E-state index is 13.2. The molecule has 0 aliphatic carbocycles. The lowest BCUT2D eigenvalue weighted by Crippen LogP contribution is -2.34. The second-order valence-electron chi connectivity index (χ2n) is 5.58. The lowest BCUT2D eigenvalue weighted by atomic mass is 10.1. The Morgan fingerprint density at radius 3 is 2.52 bits per heavy atom. The van der Waals surface area contributed by atoms with Gasteiger partial charge in [-0.15, -0.1) is 0 Å². The van der Waals surface area contributed by atoms with Gasteiger partial charge in [0, 0.05) is 11.8 Å². The Hall–Kier alpha value is -2.55. The molecular formula is C16H17F3N2O4. The van der Waals surface area contributed by atoms with E-state index >= 15 is 0 Å². The second kappa shape index (κ2) is 7.14. The molecule has 1 aromatic rings. The van der Waals surface area contributed by atoms with Crippen molar-refractivity contribution in [3.05, 3.63) is 35.5 Å². The Bertz CT molecular complexity index is 714. The Kier molecular flexibility index (Phi) is 5.36. The standard InChI is InChI=1S/C16H17F3N2O4/c1-9(2)25-13-4-3-10(7-11(13)16(17,18)19)20-12-8-14(23)21(5-6-22)15(12)24/h3-4,7-9,20,22H,5-6H2,1-2H3. The number of nitrogens with zero attached hydrogens (tertiary/aromatic N) is 1. The van der Waals surface area contributed by atoms with Gasteiger partial charge in [0.2, 0.25) is 0 Å². The molecule has 1 aliphatic heterocycles. The Morgan fingerprint density at radius 1 is 1.28 bits per heavy atom. The topological polar surface area (TPSA) is 78.9 Å². The average Bonchev–Trinajstić information content (AvgIpc) is 2.75. The number of benzene rings is 1. The van der Waals surface area contributed by atoms with Crippen LogP contribution in [0.4, 0.5) is 18.9 Å². The molecule has 2 rings (SSSR count). The van der Waals surface area contributed by atoms with Crippen LogP contribution in [0, 0.1) is 0 Å². The molecule has 6 nitrogen and oxygen atoms in total. The van der Waals surface area contributed by atoms with Crippen LogP contribution in [0.5, 0.6) is 5.75 Å². The fourth-order valence-electron chi connectivity index (χ4n) is 2.25. The molecule has 2 N–H and O–H groups in total. The van der Waals surface area contributed by atoms with Gasteiger partial charge in [-0.25, -0.2) is 0 Å². The maximum Gasteiger partial charge on any atom is 0.420 e. The third-order valence-corrected chi connectivity index (χ3v) is 3.26. The van der Waals surface area contributed by atoms with E-state index in [1.807, 2.05) is 0 Å². The number of imide groups is 1. The lowest BCUT2D eigenvalue weighted by molar-refractivity contribution is -0.139. The van der Waals surface area contributed by atoms with E-state index in [-0.39, 0.29) is 23.7 Å². The molecule has 0 aromatic heterocycles. The number of rotatable bonds is 6. The van der Waals surface area contributed by atoms with E-state index in [1.54, 1.807) is 13.8 Å². The minimum Gasteiger partial charge on any atom is -0.490 e. The van der Waals surface area contributed by atoms with E-state index in [9.17, 15) is 22.8 Å². The largest absolute Gasteiger partial charge is 0.490 e. The number of β-amino-alcohol motifs (C(OH)–C–C–N with tert-alkyl or cyclic N) is 1. The summed E-state index contributed by atoms with van der Waals surface area (Å²) in [6, 6.07) is 3.28. The van der Waals surface area contributed by atoms with Crippen LogP contribution in [0.2, 0.25) is 0 Å². The van der Waals surface area contributed by atoms with Gasteiger partial charge in [0.1, 0.15) is 11.4 Å². The number of carbonyl (C=O) groups is 2. The van der Waals surface area contributed by atoms with Crippen molar-refractivity contribution in [1.82, 2.24) is 4.90 Å². The van der Waals surface area contributed by atoms with Crippen LogP contribution >= 0.6 is 0 Å². The number of hydrogen-bond acceptors (Lipinski definition) is 5. The quantitative estimate of drug-likeness (QED) is 0.762. The highest BCUT2D eigenvalue weighted by atomic mass is 19.4. The van der Waals surface area contributed by atoms with Gasteiger partial charge in [-0.3, -0.25) is 14.5 Å². The predicted molar refractivity (Wildman–Crippen MR) is 82.7 cm³/mol. The number of alkyl halides is 3. The van der Waals surface area contributed by atoms with Gasteiger partial charge in [-0.2, -0.15) is 13.2 Å². The molecule has 0 bridgehead atoms. The summed E-state index contributed by atoms with van der Waals surface area (Å²) in [5.41, 5.74) is -1.17. The summed E-state index contributed by atoms with van der Waals surface area (Å²) >= 11 is 0. The SMILES string of the molecule is CC(C)Oc1ccc(NC2=CC(=O)N(CCO)C2=O)cc1C(F)(F)F. The highest BCUT2D eigenvalue weighted by molar-refractivity contribution is 6.17. The molecule has 0 unspecified atom stereocenters. The molecule has 0 radical (unpaired) electrons. The lowest BCUT2D eigenvalue weighted by Gasteiger charge is -2.18. The first kappa shape index (κ1) is 18.8. The fraction of sp³-hybridized carbons (Fsp3) is 0.375. The zero-order valence-corrected chi connectivity index (χ0v) is 13.6. The van der Waals surface area contributed by atoms with Crippen LogP contribution in [0.25, 0.3) is 0 Å². The highest BCUT2D eigenvalue weighted by Gasteiger charge is 2.36. The van der Waals surface area contributed by atoms with Crippen LogP contribution in [-0.2, 0) is 15.8 Å². The minimum atomic E-state index is -4.64. The van der Waals surface area contributed by atoms with E-state index in [4.69, 9.17) is 9.84 Å². The van der Waals surface area contributed by atoms with Crippen LogP contribution < -0.4 is 10.1 Å². The molecule has 25 heavy (non-hydrogen) atoms. The first-order valence-electron chi connectivity index (χ1n) is 7.46. The Labute approximate surface area is 141 Å². The van der Waals surface area contributed by atoms with Gasteiger partial charge in [0.15, 0.2) is 0 Å². The molecule has 136 valence electrons. The van der Waals surface area contributed by atoms with Gasteiger partial charge in [0.05, 0.1) is 24.8 Å². The number of nitrogens with one attached hydrogen (secondary N) is 1. The van der Waals surface area contributed by atoms with Crippen molar-refractivity contribution in [2.24, 2.45) is 0 Å². The molecule has 0 fully saturated rings. The molecular weight excluding hydrogens is 341 g/mol. The zero-order chi connectivity index (χ0) is 18.8. The molecule has 1 aromatic carbocycles. The van der Waals surface area contributed by atoms with Gasteiger partial charge < -0.3 is 15.2 Å². The normalized spacial score (nSPS) is 15.0. The summed E-state index contributed by atoms with van der Waals surface area (Å²) in [7, 11) is 0. The van der Waals surface area contributed by atoms with Gasteiger partial charge in [0.25, 0.3) is 11.8 Å². The number of aliphatic hydroxyl groups is 1. The van der Waals surface area contributed by atoms with Crippen LogP contribution in [0.15, 0.2) is 30.0 Å². The summed E-state index contributed by atoms with van der Waals surface area (Å²) in [4.78, 5) is 24.5. The number of hydrogen-bond donors (Lipinski definition) is 2. The minimum absolute atomic E-state index is 0.0123. The number of ether oxygens (including phenoxy) is 1. The van der Waals surface area contributed by atoms with E-state index in [0.29, 0.717) is 0 Å². The van der Waals surface area contributed by atoms with Crippen LogP contribution in [0.3, 0.4) is 0 Å². The first-order chi connectivity index (χ1) is 11.6. The third kappa shape index (κ3) is 4.30. The number of aliphatic hydroxyl groups excluding tert-OH is 1. The van der Waals surface area contributed by atoms with Crippen molar-refractivity contribution >= 4 is 17.5 Å². The molecule has 0 spiro atoms. The Balaban J connectivity index is 2.28. The van der Waals surface area contributed by atoms with Crippen molar-refractivity contribution in [2.75, 3.05) is 18.5 Å². The molecule has 0 saturated heterocycles. The molecule has 0 atom stereocenters. The summed E-state index contributed by atoms with van der Waals surface area (Å²) in [5, 5.41) is 11.4. The summed E-state index contributed by atoms with van der Waals surface area (Å²) in [6.45, 7) is 2.62. The first-order valence-corrected chi connectivity index (χ1v) is 7.46. The molecule has 9 heteroatoms. The maximum atomic E-state index is 13.2. The van der Waals surface area contributed by atoms with E-state index < -0.39 is 36.3 Å². The van der Waals surface area contributed by atoms with E-state index in [0.717, 1.165) is 23.1 Å². The summed E-state index contributed by atoms with van der Waals surface area (Å²) in [6.07, 6.45) is -4.11. The summed E-state index contributed by atoms with van der Waals surface area (Å²) < 4.78 is 44.8. The van der Waals surface area contributed by atoms with Crippen LogP contribution in [0.1, 0.15) is 19.4 Å². The third-order valence-electron chi connectivity index (χ3n) is 3.26. The van der Waals surface area contributed by atoms with Gasteiger partial charge >= 0.3 is 6.18 Å². The van der Waals surface area contributed by atoms with E-state index in [2.05, 4.69) is 5.32 Å². The number of halogens is 3. The molecule has 1 heterocycles. The van der Waals surface area contributed by atoms with Crippen molar-refractivity contribution in [2.45, 2.75) is 26.1 Å². The molecule has 0 saturated carbocycles. The number of carbonyl (C=O) groups excluding carboxylic acids is 2. The van der Waals surface area contributed by atoms with Crippen molar-refractivity contribution in [3.8, 4) is 5.75 Å². The molecule has 1 aliphatic rings. The van der Waals surface area contributed by atoms with Gasteiger partial charge in [-0.1, -0.05) is 0 Å². The monoisotopic (exact) mass is 358 g/mol. The van der Waals surface area contributed by atoms with Crippen molar-refractivity contribution in [3.63, 3.8) is 0 Å². The summed E-state index contributed by atoms with van der Waals surface area (Å²) in [5.74, 6) is -1.68. The highest BCUT2D eigenvalue weighted by Crippen LogP contribution is 2.38. The van der Waals surface area contributed by atoms with Crippen molar-refractivity contribution < 1.29 is 32.6 Å². The fourth-order valence-corrected chi connectivity index (χ4v) is 2.25. The van der Waals surface area contributed by atoms with Crippen molar-refractivity contribution in [1.29, 1.82) is 0 Å². The predicted octanol–water partition coefficient (Wildman–Crippen LogP) is 2.15. The smallest absolute Gasteiger partial charge is 0.420 e. The Morgan fingerprint density at radius 2 is 1.96 bits per heavy atom. The average molecular weight is 358 g/mol. The molecule has 2 amide bonds. The van der Waals surface area contributed by atoms with Crippen LogP contribution in [-0.4, -0.2) is 41.1 Å². The number of anilines is 1. The zero-order valence-electron chi connectivity index (χ0n) is 13.6. The second-order valence-corrected chi connectivity index (χ2v) is 5.58.